The van der Waals surface area contributed by atoms with E-state index in [9.17, 15) is 9.59 Å². The molecule has 0 spiro atoms. The lowest BCUT2D eigenvalue weighted by Crippen LogP contribution is -2.18. The van der Waals surface area contributed by atoms with Crippen LogP contribution in [0.5, 0.6) is 0 Å². The zero-order chi connectivity index (χ0) is 18.3. The van der Waals surface area contributed by atoms with Gasteiger partial charge in [-0.1, -0.05) is 45.9 Å². The lowest BCUT2D eigenvalue weighted by atomic mass is 10.1. The average molecular weight is 445 g/mol. The molecule has 1 aliphatic rings. The molecular formula is C19H13BrN2O2S2. The minimum atomic E-state index is -0.331. The van der Waals surface area contributed by atoms with Crippen LogP contribution in [0.3, 0.4) is 0 Å². The van der Waals surface area contributed by atoms with Gasteiger partial charge in [0.15, 0.2) is 0 Å². The molecule has 0 atom stereocenters. The third-order valence-corrected chi connectivity index (χ3v) is 6.57. The Labute approximate surface area is 166 Å². The molecule has 0 aliphatic carbocycles. The predicted octanol–water partition coefficient (Wildman–Crippen LogP) is 5.80. The SMILES string of the molecule is CC(=C1SC(=O)NC1=O)c1c(Sc2ccc(Br)cc2)[nH]c2ccccc12. The van der Waals surface area contributed by atoms with Crippen LogP contribution >= 0.6 is 39.5 Å². The summed E-state index contributed by atoms with van der Waals surface area (Å²) in [5.41, 5.74) is 2.76. The number of para-hydroxylation sites is 1. The molecule has 2 aromatic carbocycles. The summed E-state index contributed by atoms with van der Waals surface area (Å²) in [7, 11) is 0. The number of carbonyl (C=O) groups excluding carboxylic acids is 2. The molecule has 2 heterocycles. The number of hydrogen-bond donors (Lipinski definition) is 2. The van der Waals surface area contributed by atoms with Gasteiger partial charge in [-0.2, -0.15) is 0 Å². The van der Waals surface area contributed by atoms with Crippen LogP contribution in [-0.4, -0.2) is 16.1 Å². The summed E-state index contributed by atoms with van der Waals surface area (Å²) in [6.45, 7) is 1.89. The number of amides is 2. The van der Waals surface area contributed by atoms with Crippen LogP contribution in [0.2, 0.25) is 0 Å². The van der Waals surface area contributed by atoms with E-state index in [1.54, 1.807) is 11.8 Å². The molecule has 4 rings (SSSR count). The number of rotatable bonds is 3. The first-order chi connectivity index (χ1) is 12.5. The van der Waals surface area contributed by atoms with Crippen molar-refractivity contribution in [3.8, 4) is 0 Å². The van der Waals surface area contributed by atoms with E-state index in [2.05, 4.69) is 26.2 Å². The van der Waals surface area contributed by atoms with Crippen molar-refractivity contribution in [1.82, 2.24) is 10.3 Å². The largest absolute Gasteiger partial charge is 0.349 e. The number of thioether (sulfide) groups is 1. The van der Waals surface area contributed by atoms with Crippen LogP contribution in [0.1, 0.15) is 12.5 Å². The minimum Gasteiger partial charge on any atom is -0.349 e. The fourth-order valence-electron chi connectivity index (χ4n) is 2.86. The monoisotopic (exact) mass is 444 g/mol. The van der Waals surface area contributed by atoms with Gasteiger partial charge in [0.25, 0.3) is 11.1 Å². The van der Waals surface area contributed by atoms with Crippen LogP contribution in [0, 0.1) is 0 Å². The second kappa shape index (κ2) is 6.98. The molecule has 1 saturated heterocycles. The molecule has 7 heteroatoms. The molecular weight excluding hydrogens is 432 g/mol. The Kier molecular flexibility index (Phi) is 4.69. The van der Waals surface area contributed by atoms with E-state index in [0.29, 0.717) is 4.91 Å². The first-order valence-corrected chi connectivity index (χ1v) is 10.2. The van der Waals surface area contributed by atoms with E-state index < -0.39 is 0 Å². The maximum absolute atomic E-state index is 12.1. The Morgan fingerprint density at radius 1 is 1.08 bits per heavy atom. The molecule has 4 nitrogen and oxygen atoms in total. The Morgan fingerprint density at radius 2 is 1.81 bits per heavy atom. The molecule has 130 valence electrons. The number of benzene rings is 2. The van der Waals surface area contributed by atoms with E-state index in [-0.39, 0.29) is 11.1 Å². The third kappa shape index (κ3) is 3.22. The maximum Gasteiger partial charge on any atom is 0.290 e. The highest BCUT2D eigenvalue weighted by Gasteiger charge is 2.29. The van der Waals surface area contributed by atoms with Gasteiger partial charge in [-0.15, -0.1) is 0 Å². The van der Waals surface area contributed by atoms with Crippen LogP contribution < -0.4 is 5.32 Å². The molecule has 3 aromatic rings. The number of carbonyl (C=O) groups is 2. The highest BCUT2D eigenvalue weighted by atomic mass is 79.9. The highest BCUT2D eigenvalue weighted by Crippen LogP contribution is 2.41. The van der Waals surface area contributed by atoms with Crippen molar-refractivity contribution < 1.29 is 9.59 Å². The Bertz CT molecular complexity index is 1070. The zero-order valence-electron chi connectivity index (χ0n) is 13.6. The molecule has 0 radical (unpaired) electrons. The molecule has 1 aromatic heterocycles. The number of aromatic nitrogens is 1. The van der Waals surface area contributed by atoms with Crippen molar-refractivity contribution >= 4 is 67.1 Å². The predicted molar refractivity (Wildman–Crippen MR) is 110 cm³/mol. The van der Waals surface area contributed by atoms with E-state index >= 15 is 0 Å². The summed E-state index contributed by atoms with van der Waals surface area (Å²) in [5.74, 6) is -0.331. The quantitative estimate of drug-likeness (QED) is 0.501. The second-order valence-electron chi connectivity index (χ2n) is 5.73. The van der Waals surface area contributed by atoms with Crippen molar-refractivity contribution in [2.75, 3.05) is 0 Å². The molecule has 2 amide bonds. The van der Waals surface area contributed by atoms with Crippen molar-refractivity contribution in [2.45, 2.75) is 16.8 Å². The molecule has 1 aliphatic heterocycles. The van der Waals surface area contributed by atoms with Crippen molar-refractivity contribution in [3.63, 3.8) is 0 Å². The zero-order valence-corrected chi connectivity index (χ0v) is 16.8. The Hall–Kier alpha value is -1.96. The van der Waals surface area contributed by atoms with Gasteiger partial charge in [0.1, 0.15) is 0 Å². The average Bonchev–Trinajstić information content (AvgIpc) is 3.15. The molecule has 1 fully saturated rings. The molecule has 0 bridgehead atoms. The number of H-pyrrole nitrogens is 1. The Balaban J connectivity index is 1.87. The molecule has 2 N–H and O–H groups in total. The summed E-state index contributed by atoms with van der Waals surface area (Å²) in [6, 6.07) is 16.0. The van der Waals surface area contributed by atoms with Crippen LogP contribution in [0.25, 0.3) is 16.5 Å². The normalized spacial score (nSPS) is 16.2. The van der Waals surface area contributed by atoms with Crippen molar-refractivity contribution in [3.05, 3.63) is 63.5 Å². The van der Waals surface area contributed by atoms with Crippen molar-refractivity contribution in [1.29, 1.82) is 0 Å². The van der Waals surface area contributed by atoms with E-state index in [4.69, 9.17) is 0 Å². The fraction of sp³-hybridized carbons (Fsp3) is 0.0526. The van der Waals surface area contributed by atoms with E-state index in [1.165, 1.54) is 0 Å². The number of allylic oxidation sites excluding steroid dienone is 1. The second-order valence-corrected chi connectivity index (χ2v) is 8.71. The van der Waals surface area contributed by atoms with Crippen LogP contribution in [0.4, 0.5) is 4.79 Å². The van der Waals surface area contributed by atoms with Gasteiger partial charge < -0.3 is 4.98 Å². The number of halogens is 1. The molecule has 0 saturated carbocycles. The number of aromatic amines is 1. The summed E-state index contributed by atoms with van der Waals surface area (Å²) < 4.78 is 1.02. The smallest absolute Gasteiger partial charge is 0.290 e. The van der Waals surface area contributed by atoms with Gasteiger partial charge in [0, 0.05) is 25.8 Å². The summed E-state index contributed by atoms with van der Waals surface area (Å²) in [5, 5.41) is 3.99. The van der Waals surface area contributed by atoms with Crippen LogP contribution in [0.15, 0.2) is 67.8 Å². The number of fused-ring (bicyclic) bond motifs is 1. The summed E-state index contributed by atoms with van der Waals surface area (Å²) in [4.78, 5) is 28.7. The fourth-order valence-corrected chi connectivity index (χ4v) is 4.89. The molecule has 0 unspecified atom stereocenters. The van der Waals surface area contributed by atoms with Gasteiger partial charge in [0.2, 0.25) is 0 Å². The lowest BCUT2D eigenvalue weighted by molar-refractivity contribution is -0.115. The summed E-state index contributed by atoms with van der Waals surface area (Å²) >= 11 is 6.01. The van der Waals surface area contributed by atoms with E-state index in [1.807, 2.05) is 55.5 Å². The number of hydrogen-bond acceptors (Lipinski definition) is 4. The van der Waals surface area contributed by atoms with Crippen molar-refractivity contribution in [2.24, 2.45) is 0 Å². The number of imide groups is 1. The van der Waals surface area contributed by atoms with Gasteiger partial charge >= 0.3 is 0 Å². The van der Waals surface area contributed by atoms with Gasteiger partial charge in [-0.05, 0) is 54.6 Å². The first kappa shape index (κ1) is 17.5. The first-order valence-electron chi connectivity index (χ1n) is 7.81. The third-order valence-electron chi connectivity index (χ3n) is 4.04. The van der Waals surface area contributed by atoms with E-state index in [0.717, 1.165) is 48.2 Å². The Morgan fingerprint density at radius 3 is 2.50 bits per heavy atom. The standard InChI is InChI=1S/C19H13BrN2O2S2/c1-10(16-17(23)22-19(24)26-16)15-13-4-2-3-5-14(13)21-18(15)25-12-8-6-11(20)7-9-12/h2-9,21H,1H3,(H,22,23,24). The van der Waals surface area contributed by atoms with Gasteiger partial charge in [-0.3, -0.25) is 14.9 Å². The minimum absolute atomic E-state index is 0.327. The summed E-state index contributed by atoms with van der Waals surface area (Å²) in [6.07, 6.45) is 0. The van der Waals surface area contributed by atoms with Gasteiger partial charge in [-0.25, -0.2) is 0 Å². The van der Waals surface area contributed by atoms with Crippen LogP contribution in [-0.2, 0) is 4.79 Å². The maximum atomic E-state index is 12.1. The molecule has 26 heavy (non-hydrogen) atoms. The highest BCUT2D eigenvalue weighted by molar-refractivity contribution is 9.10. The number of nitrogens with one attached hydrogen (secondary N) is 2. The topological polar surface area (TPSA) is 62.0 Å². The van der Waals surface area contributed by atoms with Gasteiger partial charge in [0.05, 0.1) is 9.93 Å². The lowest BCUT2D eigenvalue weighted by Gasteiger charge is -2.07.